The summed E-state index contributed by atoms with van der Waals surface area (Å²) in [5, 5.41) is 2.54. The van der Waals surface area contributed by atoms with Gasteiger partial charge >= 0.3 is 0 Å². The van der Waals surface area contributed by atoms with Gasteiger partial charge < -0.3 is 0 Å². The Morgan fingerprint density at radius 1 is 1.25 bits per heavy atom. The van der Waals surface area contributed by atoms with Crippen LogP contribution >= 0.6 is 0 Å². The van der Waals surface area contributed by atoms with E-state index in [0.29, 0.717) is 0 Å². The van der Waals surface area contributed by atoms with Gasteiger partial charge in [-0.15, -0.1) is 0 Å². The monoisotopic (exact) mass is 215 g/mol. The fourth-order valence-corrected chi connectivity index (χ4v) is 1.09. The summed E-state index contributed by atoms with van der Waals surface area (Å²) in [6.45, 7) is 1.82. The topological polar surface area (TPSA) is 80.7 Å². The van der Waals surface area contributed by atoms with Crippen LogP contribution in [0.3, 0.4) is 0 Å². The summed E-state index contributed by atoms with van der Waals surface area (Å²) in [6, 6.07) is 1.75. The van der Waals surface area contributed by atoms with Crippen molar-refractivity contribution in [3.8, 4) is 0 Å². The second-order valence-electron chi connectivity index (χ2n) is 3.07. The molecular formula is C10H9N5O. The molecule has 1 N–H and O–H groups in total. The zero-order chi connectivity index (χ0) is 11.4. The minimum Gasteiger partial charge on any atom is -0.289 e. The lowest BCUT2D eigenvalue weighted by Crippen LogP contribution is -2.15. The van der Waals surface area contributed by atoms with Crippen LogP contribution in [0.1, 0.15) is 16.2 Å². The molecule has 0 bridgehead atoms. The predicted octanol–water partition coefficient (Wildman–Crippen LogP) is 0.827. The van der Waals surface area contributed by atoms with Gasteiger partial charge in [0.25, 0.3) is 5.91 Å². The third-order valence-corrected chi connectivity index (χ3v) is 1.82. The summed E-state index contributed by atoms with van der Waals surface area (Å²) in [5.41, 5.74) is 1.01. The van der Waals surface area contributed by atoms with Crippen molar-refractivity contribution in [2.75, 3.05) is 5.32 Å². The number of nitrogens with zero attached hydrogens (tertiary/aromatic N) is 4. The van der Waals surface area contributed by atoms with E-state index in [1.54, 1.807) is 12.3 Å². The molecule has 0 aliphatic heterocycles. The highest BCUT2D eigenvalue weighted by atomic mass is 16.2. The maximum absolute atomic E-state index is 11.6. The molecule has 0 saturated carbocycles. The Kier molecular flexibility index (Phi) is 2.81. The normalized spacial score (nSPS) is 9.81. The molecule has 0 aromatic carbocycles. The Labute approximate surface area is 91.8 Å². The molecule has 1 amide bonds. The molecule has 2 heterocycles. The highest BCUT2D eigenvalue weighted by molar-refractivity contribution is 6.01. The van der Waals surface area contributed by atoms with Gasteiger partial charge in [-0.25, -0.2) is 15.0 Å². The second kappa shape index (κ2) is 4.43. The number of rotatable bonds is 2. The number of anilines is 1. The van der Waals surface area contributed by atoms with Crippen LogP contribution in [0.15, 0.2) is 30.9 Å². The van der Waals surface area contributed by atoms with Gasteiger partial charge in [0.05, 0.1) is 6.20 Å². The van der Waals surface area contributed by atoms with E-state index in [0.717, 1.165) is 5.69 Å². The minimum absolute atomic E-state index is 0.229. The molecule has 0 aliphatic carbocycles. The highest BCUT2D eigenvalue weighted by Gasteiger charge is 2.08. The molecule has 0 radical (unpaired) electrons. The Morgan fingerprint density at radius 2 is 2.12 bits per heavy atom. The van der Waals surface area contributed by atoms with Crippen molar-refractivity contribution in [1.82, 2.24) is 19.9 Å². The first-order valence-corrected chi connectivity index (χ1v) is 4.63. The number of carbonyl (C=O) groups excluding carboxylic acids is 1. The average Bonchev–Trinajstić information content (AvgIpc) is 2.30. The predicted molar refractivity (Wildman–Crippen MR) is 56.8 cm³/mol. The molecule has 0 atom stereocenters. The lowest BCUT2D eigenvalue weighted by Gasteiger charge is -2.02. The van der Waals surface area contributed by atoms with Gasteiger partial charge in [0.2, 0.25) is 5.95 Å². The number of hydrogen-bond donors (Lipinski definition) is 1. The van der Waals surface area contributed by atoms with E-state index < -0.39 is 0 Å². The minimum atomic E-state index is -0.376. The number of hydrogen-bond acceptors (Lipinski definition) is 5. The first-order chi connectivity index (χ1) is 7.75. The van der Waals surface area contributed by atoms with Crippen LogP contribution in [0, 0.1) is 6.92 Å². The highest BCUT2D eigenvalue weighted by Crippen LogP contribution is 2.01. The lowest BCUT2D eigenvalue weighted by atomic mass is 10.4. The third kappa shape index (κ3) is 2.35. The van der Waals surface area contributed by atoms with Crippen LogP contribution in [0.2, 0.25) is 0 Å². The van der Waals surface area contributed by atoms with E-state index in [9.17, 15) is 4.79 Å². The van der Waals surface area contributed by atoms with Gasteiger partial charge in [-0.3, -0.25) is 15.1 Å². The van der Waals surface area contributed by atoms with Crippen molar-refractivity contribution in [2.45, 2.75) is 6.92 Å². The molecule has 0 spiro atoms. The van der Waals surface area contributed by atoms with Crippen LogP contribution in [-0.4, -0.2) is 25.8 Å². The molecule has 6 heteroatoms. The summed E-state index contributed by atoms with van der Waals surface area (Å²) in [5.74, 6) is -0.116. The van der Waals surface area contributed by atoms with Crippen LogP contribution in [0.4, 0.5) is 5.95 Å². The van der Waals surface area contributed by atoms with Crippen molar-refractivity contribution < 1.29 is 4.79 Å². The van der Waals surface area contributed by atoms with Crippen molar-refractivity contribution in [3.63, 3.8) is 0 Å². The van der Waals surface area contributed by atoms with Crippen LogP contribution in [-0.2, 0) is 0 Å². The van der Waals surface area contributed by atoms with E-state index in [-0.39, 0.29) is 17.5 Å². The number of aryl methyl sites for hydroxylation is 1. The lowest BCUT2D eigenvalue weighted by molar-refractivity contribution is 0.102. The number of nitrogens with one attached hydrogen (secondary N) is 1. The molecular weight excluding hydrogens is 206 g/mol. The van der Waals surface area contributed by atoms with Crippen molar-refractivity contribution >= 4 is 11.9 Å². The van der Waals surface area contributed by atoms with E-state index in [2.05, 4.69) is 25.3 Å². The van der Waals surface area contributed by atoms with Gasteiger partial charge in [0, 0.05) is 24.3 Å². The maximum atomic E-state index is 11.6. The summed E-state index contributed by atoms with van der Waals surface area (Å²) in [4.78, 5) is 27.3. The summed E-state index contributed by atoms with van der Waals surface area (Å²) in [7, 11) is 0. The SMILES string of the molecule is Cc1ccnc(NC(=O)c2cnccn2)n1. The third-order valence-electron chi connectivity index (χ3n) is 1.82. The second-order valence-corrected chi connectivity index (χ2v) is 3.07. The molecule has 80 valence electrons. The smallest absolute Gasteiger partial charge is 0.278 e. The molecule has 0 aliphatic rings. The first-order valence-electron chi connectivity index (χ1n) is 4.63. The molecule has 2 aromatic rings. The molecule has 2 rings (SSSR count). The van der Waals surface area contributed by atoms with Gasteiger partial charge in [0.15, 0.2) is 0 Å². The molecule has 6 nitrogen and oxygen atoms in total. The van der Waals surface area contributed by atoms with E-state index in [4.69, 9.17) is 0 Å². The standard InChI is InChI=1S/C10H9N5O/c1-7-2-3-13-10(14-7)15-9(16)8-6-11-4-5-12-8/h2-6H,1H3,(H,13,14,15,16). The Morgan fingerprint density at radius 3 is 2.81 bits per heavy atom. The van der Waals surface area contributed by atoms with Gasteiger partial charge in [-0.2, -0.15) is 0 Å². The largest absolute Gasteiger partial charge is 0.289 e. The summed E-state index contributed by atoms with van der Waals surface area (Å²) < 4.78 is 0. The Balaban J connectivity index is 2.14. The van der Waals surface area contributed by atoms with Crippen molar-refractivity contribution in [2.24, 2.45) is 0 Å². The van der Waals surface area contributed by atoms with Crippen LogP contribution < -0.4 is 5.32 Å². The first kappa shape index (κ1) is 10.2. The van der Waals surface area contributed by atoms with E-state index in [1.807, 2.05) is 6.92 Å². The Hall–Kier alpha value is -2.37. The van der Waals surface area contributed by atoms with E-state index in [1.165, 1.54) is 18.6 Å². The van der Waals surface area contributed by atoms with E-state index >= 15 is 0 Å². The van der Waals surface area contributed by atoms with Gasteiger partial charge in [-0.05, 0) is 13.0 Å². The zero-order valence-electron chi connectivity index (χ0n) is 8.58. The van der Waals surface area contributed by atoms with Crippen molar-refractivity contribution in [3.05, 3.63) is 42.2 Å². The average molecular weight is 215 g/mol. The number of carbonyl (C=O) groups is 1. The molecule has 0 fully saturated rings. The van der Waals surface area contributed by atoms with Crippen molar-refractivity contribution in [1.29, 1.82) is 0 Å². The van der Waals surface area contributed by atoms with Crippen LogP contribution in [0.5, 0.6) is 0 Å². The molecule has 16 heavy (non-hydrogen) atoms. The van der Waals surface area contributed by atoms with Gasteiger partial charge in [0.1, 0.15) is 5.69 Å². The quantitative estimate of drug-likeness (QED) is 0.802. The van der Waals surface area contributed by atoms with Crippen LogP contribution in [0.25, 0.3) is 0 Å². The fraction of sp³-hybridized carbons (Fsp3) is 0.100. The number of amides is 1. The summed E-state index contributed by atoms with van der Waals surface area (Å²) >= 11 is 0. The molecule has 0 saturated heterocycles. The number of aromatic nitrogens is 4. The molecule has 0 unspecified atom stereocenters. The van der Waals surface area contributed by atoms with Gasteiger partial charge in [-0.1, -0.05) is 0 Å². The summed E-state index contributed by atoms with van der Waals surface area (Å²) in [6.07, 6.45) is 5.91. The maximum Gasteiger partial charge on any atom is 0.278 e. The fourth-order valence-electron chi connectivity index (χ4n) is 1.09. The molecule has 2 aromatic heterocycles. The Bertz CT molecular complexity index is 500. The zero-order valence-corrected chi connectivity index (χ0v) is 8.58.